The number of ether oxygens (including phenoxy) is 1. The Labute approximate surface area is 179 Å². The topological polar surface area (TPSA) is 86.3 Å². The molecule has 1 aliphatic heterocycles. The minimum atomic E-state index is -0.453. The predicted molar refractivity (Wildman–Crippen MR) is 115 cm³/mol. The van der Waals surface area contributed by atoms with Crippen molar-refractivity contribution in [3.63, 3.8) is 0 Å². The smallest absolute Gasteiger partial charge is 0.257 e. The third-order valence-corrected chi connectivity index (χ3v) is 6.06. The van der Waals surface area contributed by atoms with E-state index in [0.717, 1.165) is 16.5 Å². The SMILES string of the molecule is Cc1c(C)n(C)c2ccc(C(=O)N3CCO[C@H](c4nc(-c5ccncc5)no4)C3)cc12. The second-order valence-corrected chi connectivity index (χ2v) is 7.80. The molecule has 0 unspecified atom stereocenters. The van der Waals surface area contributed by atoms with Gasteiger partial charge in [0, 0.05) is 53.7 Å². The fourth-order valence-electron chi connectivity index (χ4n) is 4.04. The lowest BCUT2D eigenvalue weighted by molar-refractivity contribution is -0.0367. The summed E-state index contributed by atoms with van der Waals surface area (Å²) in [4.78, 5) is 23.5. The molecule has 0 saturated carbocycles. The van der Waals surface area contributed by atoms with Gasteiger partial charge in [-0.05, 0) is 49.7 Å². The van der Waals surface area contributed by atoms with Gasteiger partial charge in [0.25, 0.3) is 11.8 Å². The van der Waals surface area contributed by atoms with Crippen molar-refractivity contribution < 1.29 is 14.1 Å². The van der Waals surface area contributed by atoms with Gasteiger partial charge in [0.2, 0.25) is 5.82 Å². The lowest BCUT2D eigenvalue weighted by Crippen LogP contribution is -2.42. The highest BCUT2D eigenvalue weighted by Gasteiger charge is 2.30. The van der Waals surface area contributed by atoms with Crippen LogP contribution in [0.2, 0.25) is 0 Å². The predicted octanol–water partition coefficient (Wildman–Crippen LogP) is 3.45. The van der Waals surface area contributed by atoms with Crippen LogP contribution in [0.5, 0.6) is 0 Å². The molecule has 3 aromatic heterocycles. The Morgan fingerprint density at radius 1 is 1.16 bits per heavy atom. The number of fused-ring (bicyclic) bond motifs is 1. The van der Waals surface area contributed by atoms with Crippen molar-refractivity contribution in [1.29, 1.82) is 0 Å². The van der Waals surface area contributed by atoms with Crippen molar-refractivity contribution in [2.45, 2.75) is 20.0 Å². The fourth-order valence-corrected chi connectivity index (χ4v) is 4.04. The van der Waals surface area contributed by atoms with E-state index < -0.39 is 6.10 Å². The molecule has 0 spiro atoms. The standard InChI is InChI=1S/C23H23N5O3/c1-14-15(2)27(3)19-5-4-17(12-18(14)19)23(29)28-10-11-30-20(13-28)22-25-21(26-31-22)16-6-8-24-9-7-16/h4-9,12,20H,10-11,13H2,1-3H3/t20-/m0/s1. The Morgan fingerprint density at radius 3 is 2.77 bits per heavy atom. The first-order valence-corrected chi connectivity index (χ1v) is 10.2. The summed E-state index contributed by atoms with van der Waals surface area (Å²) in [5.41, 5.74) is 5.01. The minimum Gasteiger partial charge on any atom is -0.365 e. The Balaban J connectivity index is 1.37. The van der Waals surface area contributed by atoms with Crippen molar-refractivity contribution in [1.82, 2.24) is 24.6 Å². The zero-order valence-electron chi connectivity index (χ0n) is 17.7. The maximum Gasteiger partial charge on any atom is 0.257 e. The van der Waals surface area contributed by atoms with E-state index in [4.69, 9.17) is 9.26 Å². The fraction of sp³-hybridized carbons (Fsp3) is 0.304. The summed E-state index contributed by atoms with van der Waals surface area (Å²) in [6.45, 7) is 5.48. The average Bonchev–Trinajstić information content (AvgIpc) is 3.40. The van der Waals surface area contributed by atoms with Crippen LogP contribution < -0.4 is 0 Å². The van der Waals surface area contributed by atoms with Gasteiger partial charge in [-0.15, -0.1) is 0 Å². The molecule has 158 valence electrons. The molecule has 0 radical (unpaired) electrons. The van der Waals surface area contributed by atoms with Gasteiger partial charge < -0.3 is 18.7 Å². The first-order valence-electron chi connectivity index (χ1n) is 10.2. The number of rotatable bonds is 3. The highest BCUT2D eigenvalue weighted by atomic mass is 16.5. The number of aryl methyl sites for hydroxylation is 2. The highest BCUT2D eigenvalue weighted by molar-refractivity contribution is 5.99. The van der Waals surface area contributed by atoms with Gasteiger partial charge in [0.1, 0.15) is 0 Å². The maximum absolute atomic E-state index is 13.2. The second kappa shape index (κ2) is 7.63. The highest BCUT2D eigenvalue weighted by Crippen LogP contribution is 2.28. The van der Waals surface area contributed by atoms with Gasteiger partial charge in [-0.2, -0.15) is 4.98 Å². The number of carbonyl (C=O) groups is 1. The maximum atomic E-state index is 13.2. The Morgan fingerprint density at radius 2 is 1.97 bits per heavy atom. The molecular weight excluding hydrogens is 394 g/mol. The van der Waals surface area contributed by atoms with Crippen LogP contribution in [0.3, 0.4) is 0 Å². The summed E-state index contributed by atoms with van der Waals surface area (Å²) in [6, 6.07) is 9.52. The Bertz CT molecular complexity index is 1260. The van der Waals surface area contributed by atoms with E-state index in [0.29, 0.717) is 37.0 Å². The van der Waals surface area contributed by atoms with Crippen LogP contribution in [0.15, 0.2) is 47.2 Å². The minimum absolute atomic E-state index is 0.0232. The van der Waals surface area contributed by atoms with E-state index in [1.54, 1.807) is 17.3 Å². The zero-order chi connectivity index (χ0) is 21.5. The van der Waals surface area contributed by atoms with Gasteiger partial charge in [0.05, 0.1) is 13.2 Å². The number of hydrogen-bond donors (Lipinski definition) is 0. The molecule has 1 aromatic carbocycles. The van der Waals surface area contributed by atoms with Gasteiger partial charge >= 0.3 is 0 Å². The Hall–Kier alpha value is -3.52. The number of morpholine rings is 1. The normalized spacial score (nSPS) is 16.7. The molecule has 1 atom stereocenters. The molecule has 0 N–H and O–H groups in total. The quantitative estimate of drug-likeness (QED) is 0.507. The first-order chi connectivity index (χ1) is 15.0. The zero-order valence-corrected chi connectivity index (χ0v) is 17.7. The third-order valence-electron chi connectivity index (χ3n) is 6.06. The number of benzene rings is 1. The van der Waals surface area contributed by atoms with Crippen LogP contribution in [0.25, 0.3) is 22.3 Å². The van der Waals surface area contributed by atoms with Gasteiger partial charge in [0.15, 0.2) is 6.10 Å². The second-order valence-electron chi connectivity index (χ2n) is 7.80. The van der Waals surface area contributed by atoms with Crippen LogP contribution in [-0.4, -0.2) is 50.2 Å². The number of pyridine rings is 1. The average molecular weight is 417 g/mol. The van der Waals surface area contributed by atoms with E-state index >= 15 is 0 Å². The molecule has 0 bridgehead atoms. The molecule has 4 aromatic rings. The monoisotopic (exact) mass is 417 g/mol. The molecule has 1 saturated heterocycles. The molecule has 8 nitrogen and oxygen atoms in total. The van der Waals surface area contributed by atoms with Crippen molar-refractivity contribution in [2.24, 2.45) is 7.05 Å². The van der Waals surface area contributed by atoms with E-state index in [-0.39, 0.29) is 5.91 Å². The van der Waals surface area contributed by atoms with Gasteiger partial charge in [-0.1, -0.05) is 5.16 Å². The lowest BCUT2D eigenvalue weighted by atomic mass is 10.1. The van der Waals surface area contributed by atoms with Gasteiger partial charge in [-0.3, -0.25) is 9.78 Å². The molecule has 31 heavy (non-hydrogen) atoms. The summed E-state index contributed by atoms with van der Waals surface area (Å²) in [5.74, 6) is 0.823. The van der Waals surface area contributed by atoms with Crippen LogP contribution >= 0.6 is 0 Å². The van der Waals surface area contributed by atoms with E-state index in [1.807, 2.05) is 37.4 Å². The molecular formula is C23H23N5O3. The summed E-state index contributed by atoms with van der Waals surface area (Å²) >= 11 is 0. The van der Waals surface area contributed by atoms with E-state index in [9.17, 15) is 4.79 Å². The summed E-state index contributed by atoms with van der Waals surface area (Å²) in [7, 11) is 2.04. The van der Waals surface area contributed by atoms with Crippen molar-refractivity contribution >= 4 is 16.8 Å². The molecule has 1 aliphatic rings. The largest absolute Gasteiger partial charge is 0.365 e. The molecule has 5 rings (SSSR count). The van der Waals surface area contributed by atoms with Crippen molar-refractivity contribution in [3.8, 4) is 11.4 Å². The lowest BCUT2D eigenvalue weighted by Gasteiger charge is -2.31. The van der Waals surface area contributed by atoms with Crippen LogP contribution in [0.1, 0.15) is 33.6 Å². The first kappa shape index (κ1) is 19.4. The number of amides is 1. The number of hydrogen-bond acceptors (Lipinski definition) is 6. The van der Waals surface area contributed by atoms with Crippen LogP contribution in [0.4, 0.5) is 0 Å². The van der Waals surface area contributed by atoms with Crippen LogP contribution in [-0.2, 0) is 11.8 Å². The number of nitrogens with zero attached hydrogens (tertiary/aromatic N) is 5. The van der Waals surface area contributed by atoms with E-state index in [2.05, 4.69) is 33.5 Å². The Kier molecular flexibility index (Phi) is 4.78. The molecule has 1 amide bonds. The van der Waals surface area contributed by atoms with Crippen molar-refractivity contribution in [2.75, 3.05) is 19.7 Å². The van der Waals surface area contributed by atoms with Crippen molar-refractivity contribution in [3.05, 3.63) is 65.4 Å². The number of aromatic nitrogens is 4. The molecule has 4 heterocycles. The molecule has 8 heteroatoms. The van der Waals surface area contributed by atoms with Gasteiger partial charge in [-0.25, -0.2) is 0 Å². The third kappa shape index (κ3) is 3.38. The number of carbonyl (C=O) groups excluding carboxylic acids is 1. The summed E-state index contributed by atoms with van der Waals surface area (Å²) in [6.07, 6.45) is 2.90. The molecule has 1 fully saturated rings. The van der Waals surface area contributed by atoms with Crippen LogP contribution in [0, 0.1) is 13.8 Å². The summed E-state index contributed by atoms with van der Waals surface area (Å²) < 4.78 is 13.4. The molecule has 0 aliphatic carbocycles. The summed E-state index contributed by atoms with van der Waals surface area (Å²) in [5, 5.41) is 5.15. The van der Waals surface area contributed by atoms with E-state index in [1.165, 1.54) is 11.3 Å².